The quantitative estimate of drug-likeness (QED) is 0.876. The SMILES string of the molecule is CC(C)(C)OC(=O)N1CC(c2nc3ccccc3c(=O)[nH]2)C1. The molecule has 0 bridgehead atoms. The topological polar surface area (TPSA) is 75.3 Å². The Morgan fingerprint density at radius 3 is 2.68 bits per heavy atom. The van der Waals surface area contributed by atoms with Gasteiger partial charge in [0.2, 0.25) is 0 Å². The van der Waals surface area contributed by atoms with Gasteiger partial charge in [0.15, 0.2) is 0 Å². The molecule has 6 nitrogen and oxygen atoms in total. The van der Waals surface area contributed by atoms with Crippen LogP contribution in [-0.2, 0) is 4.74 Å². The summed E-state index contributed by atoms with van der Waals surface area (Å²) >= 11 is 0. The van der Waals surface area contributed by atoms with Crippen LogP contribution < -0.4 is 5.56 Å². The maximum atomic E-state index is 12.0. The zero-order valence-corrected chi connectivity index (χ0v) is 12.9. The molecule has 0 atom stereocenters. The summed E-state index contributed by atoms with van der Waals surface area (Å²) in [5.41, 5.74) is 0.0332. The number of H-pyrrole nitrogens is 1. The molecule has 22 heavy (non-hydrogen) atoms. The number of likely N-dealkylation sites (tertiary alicyclic amines) is 1. The summed E-state index contributed by atoms with van der Waals surface area (Å²) in [7, 11) is 0. The van der Waals surface area contributed by atoms with Crippen LogP contribution in [0.2, 0.25) is 0 Å². The summed E-state index contributed by atoms with van der Waals surface area (Å²) in [5.74, 6) is 0.674. The molecule has 1 aliphatic rings. The van der Waals surface area contributed by atoms with Gasteiger partial charge >= 0.3 is 6.09 Å². The number of nitrogens with one attached hydrogen (secondary N) is 1. The van der Waals surface area contributed by atoms with Crippen molar-refractivity contribution in [3.8, 4) is 0 Å². The molecule has 1 amide bonds. The molecule has 1 aromatic carbocycles. The minimum absolute atomic E-state index is 0.0461. The van der Waals surface area contributed by atoms with Crippen LogP contribution in [0.25, 0.3) is 10.9 Å². The summed E-state index contributed by atoms with van der Waals surface area (Å²) in [6, 6.07) is 7.23. The van der Waals surface area contributed by atoms with Gasteiger partial charge in [-0.25, -0.2) is 9.78 Å². The van der Waals surface area contributed by atoms with Gasteiger partial charge in [0, 0.05) is 13.1 Å². The van der Waals surface area contributed by atoms with Crippen LogP contribution in [0.15, 0.2) is 29.1 Å². The van der Waals surface area contributed by atoms with Gasteiger partial charge in [0.1, 0.15) is 11.4 Å². The van der Waals surface area contributed by atoms with Crippen LogP contribution in [-0.4, -0.2) is 39.7 Å². The third-order valence-corrected chi connectivity index (χ3v) is 3.55. The van der Waals surface area contributed by atoms with Gasteiger partial charge in [-0.3, -0.25) is 4.79 Å². The van der Waals surface area contributed by atoms with E-state index in [1.807, 2.05) is 39.0 Å². The van der Waals surface area contributed by atoms with Crippen LogP contribution in [0.4, 0.5) is 4.79 Å². The Morgan fingerprint density at radius 2 is 2.00 bits per heavy atom. The molecule has 0 radical (unpaired) electrons. The molecule has 1 N–H and O–H groups in total. The number of aromatic amines is 1. The lowest BCUT2D eigenvalue weighted by atomic mass is 9.99. The first-order valence-electron chi connectivity index (χ1n) is 7.30. The van der Waals surface area contributed by atoms with Crippen molar-refractivity contribution in [1.82, 2.24) is 14.9 Å². The first-order chi connectivity index (χ1) is 10.3. The first-order valence-corrected chi connectivity index (χ1v) is 7.30. The summed E-state index contributed by atoms with van der Waals surface area (Å²) in [6.07, 6.45) is -0.327. The van der Waals surface area contributed by atoms with Crippen molar-refractivity contribution in [3.63, 3.8) is 0 Å². The fourth-order valence-electron chi connectivity index (χ4n) is 2.42. The maximum absolute atomic E-state index is 12.0. The van der Waals surface area contributed by atoms with E-state index in [1.54, 1.807) is 11.0 Å². The predicted molar refractivity (Wildman–Crippen MR) is 82.9 cm³/mol. The number of nitrogens with zero attached hydrogens (tertiary/aromatic N) is 2. The van der Waals surface area contributed by atoms with Crippen LogP contribution >= 0.6 is 0 Å². The predicted octanol–water partition coefficient (Wildman–Crippen LogP) is 2.26. The number of ether oxygens (including phenoxy) is 1. The van der Waals surface area contributed by atoms with Crippen molar-refractivity contribution in [1.29, 1.82) is 0 Å². The average Bonchev–Trinajstić information content (AvgIpc) is 2.35. The Balaban J connectivity index is 1.73. The average molecular weight is 301 g/mol. The number of carbonyl (C=O) groups is 1. The van der Waals surface area contributed by atoms with Gasteiger partial charge in [0.05, 0.1) is 16.8 Å². The molecular weight excluding hydrogens is 282 g/mol. The number of rotatable bonds is 1. The lowest BCUT2D eigenvalue weighted by Crippen LogP contribution is -2.51. The number of hydrogen-bond donors (Lipinski definition) is 1. The van der Waals surface area contributed by atoms with Gasteiger partial charge in [-0.1, -0.05) is 12.1 Å². The molecule has 1 aromatic heterocycles. The van der Waals surface area contributed by atoms with Gasteiger partial charge in [0.25, 0.3) is 5.56 Å². The van der Waals surface area contributed by atoms with Crippen molar-refractivity contribution < 1.29 is 9.53 Å². The number of aromatic nitrogens is 2. The summed E-state index contributed by atoms with van der Waals surface area (Å²) in [6.45, 7) is 6.53. The highest BCUT2D eigenvalue weighted by molar-refractivity contribution is 5.77. The lowest BCUT2D eigenvalue weighted by molar-refractivity contribution is 0.00754. The second kappa shape index (κ2) is 5.12. The van der Waals surface area contributed by atoms with Gasteiger partial charge in [-0.2, -0.15) is 0 Å². The zero-order valence-electron chi connectivity index (χ0n) is 12.9. The van der Waals surface area contributed by atoms with Crippen molar-refractivity contribution in [2.75, 3.05) is 13.1 Å². The highest BCUT2D eigenvalue weighted by atomic mass is 16.6. The van der Waals surface area contributed by atoms with E-state index in [1.165, 1.54) is 0 Å². The first kappa shape index (κ1) is 14.6. The molecule has 2 heterocycles. The number of hydrogen-bond acceptors (Lipinski definition) is 4. The van der Waals surface area contributed by atoms with Gasteiger partial charge in [-0.05, 0) is 32.9 Å². The molecular formula is C16H19N3O3. The van der Waals surface area contributed by atoms with E-state index >= 15 is 0 Å². The monoisotopic (exact) mass is 301 g/mol. The van der Waals surface area contributed by atoms with Crippen molar-refractivity contribution in [3.05, 3.63) is 40.4 Å². The third-order valence-electron chi connectivity index (χ3n) is 3.55. The zero-order chi connectivity index (χ0) is 15.9. The largest absolute Gasteiger partial charge is 0.444 e. The van der Waals surface area contributed by atoms with Gasteiger partial charge < -0.3 is 14.6 Å². The van der Waals surface area contributed by atoms with Crippen molar-refractivity contribution >= 4 is 17.0 Å². The van der Waals surface area contributed by atoms with E-state index in [0.717, 1.165) is 0 Å². The van der Waals surface area contributed by atoms with Crippen LogP contribution in [0.1, 0.15) is 32.5 Å². The molecule has 1 fully saturated rings. The van der Waals surface area contributed by atoms with E-state index in [2.05, 4.69) is 9.97 Å². The summed E-state index contributed by atoms with van der Waals surface area (Å²) in [4.78, 5) is 32.9. The molecule has 1 aliphatic heterocycles. The molecule has 0 spiro atoms. The molecule has 0 unspecified atom stereocenters. The third kappa shape index (κ3) is 2.81. The van der Waals surface area contributed by atoms with E-state index in [0.29, 0.717) is 29.8 Å². The number of benzene rings is 1. The Labute approximate surface area is 128 Å². The smallest absolute Gasteiger partial charge is 0.410 e. The Morgan fingerprint density at radius 1 is 1.32 bits per heavy atom. The lowest BCUT2D eigenvalue weighted by Gasteiger charge is -2.39. The Bertz CT molecular complexity index is 770. The summed E-state index contributed by atoms with van der Waals surface area (Å²) in [5, 5.41) is 0.578. The highest BCUT2D eigenvalue weighted by Crippen LogP contribution is 2.26. The molecule has 0 saturated carbocycles. The van der Waals surface area contributed by atoms with Gasteiger partial charge in [-0.15, -0.1) is 0 Å². The van der Waals surface area contributed by atoms with E-state index < -0.39 is 5.60 Å². The molecule has 6 heteroatoms. The van der Waals surface area contributed by atoms with E-state index in [-0.39, 0.29) is 17.6 Å². The number of fused-ring (bicyclic) bond motifs is 1. The fraction of sp³-hybridized carbons (Fsp3) is 0.438. The highest BCUT2D eigenvalue weighted by Gasteiger charge is 2.36. The maximum Gasteiger partial charge on any atom is 0.410 e. The minimum Gasteiger partial charge on any atom is -0.444 e. The van der Waals surface area contributed by atoms with Crippen molar-refractivity contribution in [2.45, 2.75) is 32.3 Å². The van der Waals surface area contributed by atoms with Crippen LogP contribution in [0.5, 0.6) is 0 Å². The van der Waals surface area contributed by atoms with Crippen LogP contribution in [0, 0.1) is 0 Å². The minimum atomic E-state index is -0.502. The number of amides is 1. The number of para-hydroxylation sites is 1. The second-order valence-electron chi connectivity index (χ2n) is 6.55. The molecule has 1 saturated heterocycles. The standard InChI is InChI=1S/C16H19N3O3/c1-16(2,3)22-15(21)19-8-10(9-19)13-17-12-7-5-4-6-11(12)14(20)18-13/h4-7,10H,8-9H2,1-3H3,(H,17,18,20). The fourth-order valence-corrected chi connectivity index (χ4v) is 2.42. The molecule has 2 aromatic rings. The number of carbonyl (C=O) groups excluding carboxylic acids is 1. The molecule has 116 valence electrons. The second-order valence-corrected chi connectivity index (χ2v) is 6.55. The van der Waals surface area contributed by atoms with E-state index in [4.69, 9.17) is 4.74 Å². The Hall–Kier alpha value is -2.37. The van der Waals surface area contributed by atoms with E-state index in [9.17, 15) is 9.59 Å². The normalized spacial score (nSPS) is 15.7. The molecule has 3 rings (SSSR count). The Kier molecular flexibility index (Phi) is 3.39. The molecule has 0 aliphatic carbocycles. The summed E-state index contributed by atoms with van der Waals surface area (Å²) < 4.78 is 5.31. The van der Waals surface area contributed by atoms with Crippen LogP contribution in [0.3, 0.4) is 0 Å². The van der Waals surface area contributed by atoms with Crippen molar-refractivity contribution in [2.24, 2.45) is 0 Å².